The Kier molecular flexibility index (Phi) is 4.29. The number of aryl methyl sites for hydroxylation is 2. The van der Waals surface area contributed by atoms with Crippen molar-refractivity contribution in [2.75, 3.05) is 0 Å². The van der Waals surface area contributed by atoms with Gasteiger partial charge in [0.15, 0.2) is 0 Å². The van der Waals surface area contributed by atoms with Gasteiger partial charge < -0.3 is 5.11 Å². The lowest BCUT2D eigenvalue weighted by Crippen LogP contribution is -1.83. The quantitative estimate of drug-likeness (QED) is 0.602. The van der Waals surface area contributed by atoms with Crippen LogP contribution in [-0.4, -0.2) is 5.11 Å². The predicted molar refractivity (Wildman–Crippen MR) is 98.4 cm³/mol. The molecule has 1 nitrogen and oxygen atoms in total. The normalized spacial score (nSPS) is 11.0. The van der Waals surface area contributed by atoms with Crippen molar-refractivity contribution in [1.29, 1.82) is 0 Å². The molecule has 23 heavy (non-hydrogen) atoms. The summed E-state index contributed by atoms with van der Waals surface area (Å²) in [5.74, 6) is 0.384. The number of rotatable bonds is 3. The highest BCUT2D eigenvalue weighted by atomic mass is 16.3. The third-order valence-corrected chi connectivity index (χ3v) is 4.00. The Labute approximate surface area is 137 Å². The molecule has 0 fully saturated rings. The van der Waals surface area contributed by atoms with E-state index in [2.05, 4.69) is 60.7 Å². The summed E-state index contributed by atoms with van der Waals surface area (Å²) in [4.78, 5) is 0. The molecule has 0 aliphatic rings. The van der Waals surface area contributed by atoms with Crippen LogP contribution < -0.4 is 0 Å². The number of hydrogen-bond donors (Lipinski definition) is 1. The predicted octanol–water partition coefficient (Wildman–Crippen LogP) is 5.85. The molecule has 0 unspecified atom stereocenters. The van der Waals surface area contributed by atoms with Crippen LogP contribution in [0.2, 0.25) is 0 Å². The third-order valence-electron chi connectivity index (χ3n) is 4.00. The molecule has 0 amide bonds. The SMILES string of the molecule is Cc1cc(/C=C/c2ccc(-c3ccccc3)cc2)cc(C)c1O. The van der Waals surface area contributed by atoms with E-state index >= 15 is 0 Å². The Balaban J connectivity index is 1.81. The van der Waals surface area contributed by atoms with Crippen LogP contribution in [-0.2, 0) is 0 Å². The van der Waals surface area contributed by atoms with Crippen molar-refractivity contribution in [2.45, 2.75) is 13.8 Å². The second-order valence-electron chi connectivity index (χ2n) is 5.82. The van der Waals surface area contributed by atoms with Crippen molar-refractivity contribution in [3.63, 3.8) is 0 Å². The summed E-state index contributed by atoms with van der Waals surface area (Å²) in [6.45, 7) is 3.85. The van der Waals surface area contributed by atoms with E-state index in [1.807, 2.05) is 32.0 Å². The molecule has 114 valence electrons. The van der Waals surface area contributed by atoms with Gasteiger partial charge in [0.2, 0.25) is 0 Å². The fourth-order valence-electron chi connectivity index (χ4n) is 2.70. The van der Waals surface area contributed by atoms with E-state index in [4.69, 9.17) is 0 Å². The number of hydrogen-bond acceptors (Lipinski definition) is 1. The molecule has 0 radical (unpaired) electrons. The monoisotopic (exact) mass is 300 g/mol. The maximum absolute atomic E-state index is 9.83. The molecule has 0 aliphatic heterocycles. The van der Waals surface area contributed by atoms with Crippen LogP contribution in [0.15, 0.2) is 66.7 Å². The fourth-order valence-corrected chi connectivity index (χ4v) is 2.70. The summed E-state index contributed by atoms with van der Waals surface area (Å²) in [7, 11) is 0. The highest BCUT2D eigenvalue weighted by Crippen LogP contribution is 2.24. The van der Waals surface area contributed by atoms with Crippen molar-refractivity contribution in [1.82, 2.24) is 0 Å². The molecule has 1 N–H and O–H groups in total. The summed E-state index contributed by atoms with van der Waals surface area (Å²) in [5, 5.41) is 9.83. The zero-order valence-electron chi connectivity index (χ0n) is 13.5. The lowest BCUT2D eigenvalue weighted by Gasteiger charge is -2.05. The first kappa shape index (κ1) is 15.1. The molecule has 0 atom stereocenters. The zero-order chi connectivity index (χ0) is 16.2. The van der Waals surface area contributed by atoms with Gasteiger partial charge in [-0.2, -0.15) is 0 Å². The minimum atomic E-state index is 0.384. The highest BCUT2D eigenvalue weighted by molar-refractivity contribution is 5.73. The Morgan fingerprint density at radius 2 is 1.17 bits per heavy atom. The average Bonchev–Trinajstić information content (AvgIpc) is 2.59. The van der Waals surface area contributed by atoms with Crippen molar-refractivity contribution in [2.24, 2.45) is 0 Å². The summed E-state index contributed by atoms with van der Waals surface area (Å²) >= 11 is 0. The third kappa shape index (κ3) is 3.51. The van der Waals surface area contributed by atoms with E-state index in [9.17, 15) is 5.11 Å². The summed E-state index contributed by atoms with van der Waals surface area (Å²) in [5.41, 5.74) is 6.53. The van der Waals surface area contributed by atoms with Crippen molar-refractivity contribution in [3.05, 3.63) is 89.0 Å². The molecule has 0 aliphatic carbocycles. The second kappa shape index (κ2) is 6.53. The van der Waals surface area contributed by atoms with Crippen LogP contribution in [0.3, 0.4) is 0 Å². The van der Waals surface area contributed by atoms with Crippen LogP contribution >= 0.6 is 0 Å². The number of aromatic hydroxyl groups is 1. The van der Waals surface area contributed by atoms with Crippen LogP contribution in [0.5, 0.6) is 5.75 Å². The van der Waals surface area contributed by atoms with Gasteiger partial charge in [-0.1, -0.05) is 66.7 Å². The van der Waals surface area contributed by atoms with Crippen LogP contribution in [0.4, 0.5) is 0 Å². The molecule has 0 bridgehead atoms. The van der Waals surface area contributed by atoms with Gasteiger partial charge >= 0.3 is 0 Å². The topological polar surface area (TPSA) is 20.2 Å². The molecular formula is C22H20O. The number of phenolic OH excluding ortho intramolecular Hbond substituents is 1. The minimum absolute atomic E-state index is 0.384. The Hall–Kier alpha value is -2.80. The maximum atomic E-state index is 9.83. The van der Waals surface area contributed by atoms with Gasteiger partial charge in [-0.15, -0.1) is 0 Å². The first-order valence-electron chi connectivity index (χ1n) is 7.77. The van der Waals surface area contributed by atoms with Gasteiger partial charge in [0.25, 0.3) is 0 Å². The molecule has 0 heterocycles. The van der Waals surface area contributed by atoms with E-state index in [0.717, 1.165) is 22.3 Å². The van der Waals surface area contributed by atoms with Gasteiger partial charge in [-0.3, -0.25) is 0 Å². The number of benzene rings is 3. The van der Waals surface area contributed by atoms with Crippen molar-refractivity contribution >= 4 is 12.2 Å². The second-order valence-corrected chi connectivity index (χ2v) is 5.82. The summed E-state index contributed by atoms with van der Waals surface area (Å²) in [6, 6.07) is 22.9. The van der Waals surface area contributed by atoms with E-state index in [-0.39, 0.29) is 0 Å². The first-order chi connectivity index (χ1) is 11.1. The Morgan fingerprint density at radius 1 is 0.652 bits per heavy atom. The van der Waals surface area contributed by atoms with Gasteiger partial charge in [0.05, 0.1) is 0 Å². The van der Waals surface area contributed by atoms with Crippen LogP contribution in [0.1, 0.15) is 22.3 Å². The lowest BCUT2D eigenvalue weighted by molar-refractivity contribution is 0.467. The summed E-state index contributed by atoms with van der Waals surface area (Å²) < 4.78 is 0. The number of phenols is 1. The minimum Gasteiger partial charge on any atom is -0.507 e. The maximum Gasteiger partial charge on any atom is 0.121 e. The van der Waals surface area contributed by atoms with E-state index in [1.165, 1.54) is 11.1 Å². The van der Waals surface area contributed by atoms with Gasteiger partial charge in [-0.05, 0) is 59.4 Å². The summed E-state index contributed by atoms with van der Waals surface area (Å²) in [6.07, 6.45) is 4.18. The molecule has 3 aromatic rings. The van der Waals surface area contributed by atoms with Crippen LogP contribution in [0.25, 0.3) is 23.3 Å². The zero-order valence-corrected chi connectivity index (χ0v) is 13.5. The Bertz CT molecular complexity index is 805. The fraction of sp³-hybridized carbons (Fsp3) is 0.0909. The molecule has 3 aromatic carbocycles. The van der Waals surface area contributed by atoms with Gasteiger partial charge in [0, 0.05) is 0 Å². The van der Waals surface area contributed by atoms with E-state index in [1.54, 1.807) is 0 Å². The van der Waals surface area contributed by atoms with Crippen molar-refractivity contribution in [3.8, 4) is 16.9 Å². The molecular weight excluding hydrogens is 280 g/mol. The highest BCUT2D eigenvalue weighted by Gasteiger charge is 2.01. The smallest absolute Gasteiger partial charge is 0.121 e. The van der Waals surface area contributed by atoms with Gasteiger partial charge in [-0.25, -0.2) is 0 Å². The molecule has 1 heteroatoms. The molecule has 0 aromatic heterocycles. The van der Waals surface area contributed by atoms with Crippen molar-refractivity contribution < 1.29 is 5.11 Å². The van der Waals surface area contributed by atoms with E-state index < -0.39 is 0 Å². The molecule has 0 saturated carbocycles. The Morgan fingerprint density at radius 3 is 1.78 bits per heavy atom. The van der Waals surface area contributed by atoms with Crippen LogP contribution in [0, 0.1) is 13.8 Å². The average molecular weight is 300 g/mol. The molecule has 0 saturated heterocycles. The molecule has 3 rings (SSSR count). The van der Waals surface area contributed by atoms with E-state index in [0.29, 0.717) is 5.75 Å². The lowest BCUT2D eigenvalue weighted by atomic mass is 10.0. The van der Waals surface area contributed by atoms with Gasteiger partial charge in [0.1, 0.15) is 5.75 Å². The molecule has 0 spiro atoms. The largest absolute Gasteiger partial charge is 0.507 e. The first-order valence-corrected chi connectivity index (χ1v) is 7.77. The standard InChI is InChI=1S/C22H20O/c1-16-14-19(15-17(2)22(16)23)9-8-18-10-12-21(13-11-18)20-6-4-3-5-7-20/h3-15,23H,1-2H3/b9-8+.